The van der Waals surface area contributed by atoms with Crippen molar-refractivity contribution in [1.29, 1.82) is 0 Å². The highest BCUT2D eigenvalue weighted by Gasteiger charge is 2.12. The van der Waals surface area contributed by atoms with E-state index in [1.54, 1.807) is 7.11 Å². The van der Waals surface area contributed by atoms with Gasteiger partial charge >= 0.3 is 0 Å². The number of hydrogen-bond acceptors (Lipinski definition) is 4. The Hall–Kier alpha value is -0.160. The van der Waals surface area contributed by atoms with Gasteiger partial charge in [-0.2, -0.15) is 0 Å². The van der Waals surface area contributed by atoms with Crippen LogP contribution in [0, 0.1) is 0 Å². The highest BCUT2D eigenvalue weighted by atomic mass is 16.7. The van der Waals surface area contributed by atoms with Crippen LogP contribution in [0.15, 0.2) is 0 Å². The van der Waals surface area contributed by atoms with E-state index in [4.69, 9.17) is 14.2 Å². The Morgan fingerprint density at radius 2 is 1.69 bits per heavy atom. The Morgan fingerprint density at radius 1 is 1.06 bits per heavy atom. The van der Waals surface area contributed by atoms with Crippen molar-refractivity contribution >= 4 is 0 Å². The summed E-state index contributed by atoms with van der Waals surface area (Å²) in [5.74, 6) is 0. The van der Waals surface area contributed by atoms with Gasteiger partial charge in [-0.05, 0) is 20.3 Å². The lowest BCUT2D eigenvalue weighted by molar-refractivity contribution is -0.134. The van der Waals surface area contributed by atoms with Crippen molar-refractivity contribution in [1.82, 2.24) is 5.32 Å². The molecule has 0 fully saturated rings. The molecule has 0 saturated carbocycles. The van der Waals surface area contributed by atoms with E-state index in [1.807, 2.05) is 13.8 Å². The van der Waals surface area contributed by atoms with Crippen LogP contribution in [0.25, 0.3) is 0 Å². The molecule has 0 aliphatic rings. The summed E-state index contributed by atoms with van der Waals surface area (Å²) < 4.78 is 16.1. The molecular weight excluding hydrogens is 206 g/mol. The summed E-state index contributed by atoms with van der Waals surface area (Å²) in [6, 6.07) is 0.387. The Morgan fingerprint density at radius 3 is 2.12 bits per heavy atom. The first kappa shape index (κ1) is 15.8. The van der Waals surface area contributed by atoms with Crippen molar-refractivity contribution in [3.8, 4) is 0 Å². The van der Waals surface area contributed by atoms with Crippen LogP contribution in [0.3, 0.4) is 0 Å². The lowest BCUT2D eigenvalue weighted by Crippen LogP contribution is -2.40. The van der Waals surface area contributed by atoms with Gasteiger partial charge in [0.2, 0.25) is 0 Å². The number of rotatable bonds is 11. The third-order valence-corrected chi connectivity index (χ3v) is 2.28. The zero-order valence-electron chi connectivity index (χ0n) is 11.1. The van der Waals surface area contributed by atoms with Gasteiger partial charge in [-0.1, -0.05) is 13.3 Å². The molecule has 0 aromatic carbocycles. The van der Waals surface area contributed by atoms with Gasteiger partial charge < -0.3 is 19.5 Å². The van der Waals surface area contributed by atoms with Crippen LogP contribution in [0.2, 0.25) is 0 Å². The van der Waals surface area contributed by atoms with E-state index in [-0.39, 0.29) is 6.29 Å². The Kier molecular flexibility index (Phi) is 11.2. The molecule has 1 N–H and O–H groups in total. The summed E-state index contributed by atoms with van der Waals surface area (Å²) in [6.07, 6.45) is 2.11. The third-order valence-electron chi connectivity index (χ3n) is 2.28. The maximum atomic E-state index is 5.46. The van der Waals surface area contributed by atoms with Crippen LogP contribution in [-0.4, -0.2) is 45.8 Å². The van der Waals surface area contributed by atoms with Gasteiger partial charge in [0.05, 0.1) is 6.61 Å². The molecule has 0 bridgehead atoms. The molecule has 4 nitrogen and oxygen atoms in total. The van der Waals surface area contributed by atoms with Gasteiger partial charge in [-0.15, -0.1) is 0 Å². The topological polar surface area (TPSA) is 39.7 Å². The lowest BCUT2D eigenvalue weighted by Gasteiger charge is -2.22. The SMILES string of the molecule is CCCC(COC)NCC(OCC)OCC. The highest BCUT2D eigenvalue weighted by molar-refractivity contribution is 4.66. The van der Waals surface area contributed by atoms with E-state index in [0.29, 0.717) is 19.3 Å². The maximum Gasteiger partial charge on any atom is 0.169 e. The molecule has 4 heteroatoms. The van der Waals surface area contributed by atoms with E-state index in [2.05, 4.69) is 12.2 Å². The van der Waals surface area contributed by atoms with Crippen molar-refractivity contribution in [2.45, 2.75) is 45.9 Å². The largest absolute Gasteiger partial charge is 0.383 e. The molecule has 16 heavy (non-hydrogen) atoms. The second-order valence-corrected chi connectivity index (χ2v) is 3.69. The lowest BCUT2D eigenvalue weighted by atomic mass is 10.2. The summed E-state index contributed by atoms with van der Waals surface area (Å²) in [7, 11) is 1.73. The summed E-state index contributed by atoms with van der Waals surface area (Å²) in [6.45, 7) is 8.93. The fourth-order valence-electron chi connectivity index (χ4n) is 1.59. The van der Waals surface area contributed by atoms with E-state index in [0.717, 1.165) is 26.0 Å². The van der Waals surface area contributed by atoms with Gasteiger partial charge in [0.25, 0.3) is 0 Å². The Balaban J connectivity index is 3.83. The molecule has 0 aromatic heterocycles. The van der Waals surface area contributed by atoms with Gasteiger partial charge in [0, 0.05) is 32.9 Å². The first-order valence-electron chi connectivity index (χ1n) is 6.23. The van der Waals surface area contributed by atoms with Crippen molar-refractivity contribution in [2.24, 2.45) is 0 Å². The fraction of sp³-hybridized carbons (Fsp3) is 1.00. The Labute approximate surface area is 99.6 Å². The van der Waals surface area contributed by atoms with Crippen LogP contribution < -0.4 is 5.32 Å². The van der Waals surface area contributed by atoms with Crippen LogP contribution in [-0.2, 0) is 14.2 Å². The molecule has 0 aliphatic heterocycles. The molecule has 0 heterocycles. The molecule has 0 radical (unpaired) electrons. The first-order chi connectivity index (χ1) is 7.78. The minimum absolute atomic E-state index is 0.147. The predicted molar refractivity (Wildman–Crippen MR) is 65.6 cm³/mol. The van der Waals surface area contributed by atoms with Gasteiger partial charge in [0.15, 0.2) is 6.29 Å². The first-order valence-corrected chi connectivity index (χ1v) is 6.23. The molecule has 1 atom stereocenters. The average molecular weight is 233 g/mol. The summed E-state index contributed by atoms with van der Waals surface area (Å²) >= 11 is 0. The van der Waals surface area contributed by atoms with E-state index in [9.17, 15) is 0 Å². The average Bonchev–Trinajstić information content (AvgIpc) is 2.27. The van der Waals surface area contributed by atoms with Crippen LogP contribution in [0.4, 0.5) is 0 Å². The normalized spacial score (nSPS) is 13.3. The van der Waals surface area contributed by atoms with Crippen LogP contribution in [0.5, 0.6) is 0 Å². The van der Waals surface area contributed by atoms with E-state index < -0.39 is 0 Å². The molecule has 0 aromatic rings. The number of hydrogen-bond donors (Lipinski definition) is 1. The third kappa shape index (κ3) is 8.05. The Bertz CT molecular complexity index is 116. The van der Waals surface area contributed by atoms with Crippen molar-refractivity contribution in [3.63, 3.8) is 0 Å². The van der Waals surface area contributed by atoms with E-state index in [1.165, 1.54) is 0 Å². The molecule has 1 unspecified atom stereocenters. The molecule has 0 aliphatic carbocycles. The van der Waals surface area contributed by atoms with Gasteiger partial charge in [-0.25, -0.2) is 0 Å². The highest BCUT2D eigenvalue weighted by Crippen LogP contribution is 1.99. The van der Waals surface area contributed by atoms with E-state index >= 15 is 0 Å². The fourth-order valence-corrected chi connectivity index (χ4v) is 1.59. The second-order valence-electron chi connectivity index (χ2n) is 3.69. The van der Waals surface area contributed by atoms with Gasteiger partial charge in [0.1, 0.15) is 0 Å². The standard InChI is InChI=1S/C12H27NO3/c1-5-8-11(10-14-4)13-9-12(15-6-2)16-7-3/h11-13H,5-10H2,1-4H3. The smallest absolute Gasteiger partial charge is 0.169 e. The van der Waals surface area contributed by atoms with Gasteiger partial charge in [-0.3, -0.25) is 0 Å². The molecule has 0 saturated heterocycles. The monoisotopic (exact) mass is 233 g/mol. The maximum absolute atomic E-state index is 5.46. The summed E-state index contributed by atoms with van der Waals surface area (Å²) in [5.41, 5.74) is 0. The van der Waals surface area contributed by atoms with Crippen molar-refractivity contribution < 1.29 is 14.2 Å². The molecule has 0 rings (SSSR count). The number of ether oxygens (including phenoxy) is 3. The molecule has 0 spiro atoms. The molecule has 98 valence electrons. The van der Waals surface area contributed by atoms with Crippen LogP contribution >= 0.6 is 0 Å². The second kappa shape index (κ2) is 11.3. The zero-order valence-corrected chi connectivity index (χ0v) is 11.1. The minimum atomic E-state index is -0.147. The minimum Gasteiger partial charge on any atom is -0.383 e. The molecule has 0 amide bonds. The van der Waals surface area contributed by atoms with Crippen LogP contribution in [0.1, 0.15) is 33.6 Å². The number of methoxy groups -OCH3 is 1. The van der Waals surface area contributed by atoms with Crippen molar-refractivity contribution in [3.05, 3.63) is 0 Å². The summed E-state index contributed by atoms with van der Waals surface area (Å²) in [4.78, 5) is 0. The van der Waals surface area contributed by atoms with Crippen molar-refractivity contribution in [2.75, 3.05) is 33.5 Å². The summed E-state index contributed by atoms with van der Waals surface area (Å²) in [5, 5.41) is 3.42. The zero-order chi connectivity index (χ0) is 12.2. The molecular formula is C12H27NO3. The quantitative estimate of drug-likeness (QED) is 0.552. The number of nitrogens with one attached hydrogen (secondary N) is 1. The predicted octanol–water partition coefficient (Wildman–Crippen LogP) is 1.79.